The molecule has 1 amide bonds. The summed E-state index contributed by atoms with van der Waals surface area (Å²) < 4.78 is 11.4. The molecule has 0 atom stereocenters. The zero-order chi connectivity index (χ0) is 19.5. The summed E-state index contributed by atoms with van der Waals surface area (Å²) in [4.78, 5) is 21.1. The number of rotatable bonds is 5. The third-order valence-electron chi connectivity index (χ3n) is 4.04. The molecule has 0 aliphatic carbocycles. The lowest BCUT2D eigenvalue weighted by molar-refractivity contribution is 0.102. The Morgan fingerprint density at radius 3 is 2.64 bits per heavy atom. The van der Waals surface area contributed by atoms with Crippen LogP contribution < -0.4 is 10.1 Å². The molecule has 0 radical (unpaired) electrons. The van der Waals surface area contributed by atoms with Crippen molar-refractivity contribution < 1.29 is 13.9 Å². The monoisotopic (exact) mass is 373 g/mol. The van der Waals surface area contributed by atoms with Crippen LogP contribution in [0, 0.1) is 0 Å². The van der Waals surface area contributed by atoms with E-state index in [4.69, 9.17) is 9.15 Å². The molecular weight excluding hydrogens is 354 g/mol. The van der Waals surface area contributed by atoms with Crippen LogP contribution in [-0.2, 0) is 0 Å². The number of ether oxygens (including phenoxy) is 1. The summed E-state index contributed by atoms with van der Waals surface area (Å²) in [5.41, 5.74) is 3.30. The zero-order valence-electron chi connectivity index (χ0n) is 15.5. The van der Waals surface area contributed by atoms with Crippen molar-refractivity contribution in [3.63, 3.8) is 0 Å². The lowest BCUT2D eigenvalue weighted by atomic mass is 10.2. The van der Waals surface area contributed by atoms with E-state index in [1.165, 1.54) is 0 Å². The summed E-state index contributed by atoms with van der Waals surface area (Å²) in [5, 5.41) is 2.89. The molecule has 28 heavy (non-hydrogen) atoms. The molecule has 4 aromatic rings. The number of benzene rings is 2. The molecule has 2 aromatic heterocycles. The average molecular weight is 373 g/mol. The number of fused-ring (bicyclic) bond motifs is 1. The smallest absolute Gasteiger partial charge is 0.255 e. The van der Waals surface area contributed by atoms with Crippen LogP contribution >= 0.6 is 0 Å². The van der Waals surface area contributed by atoms with Crippen molar-refractivity contribution in [1.29, 1.82) is 0 Å². The number of anilines is 1. The molecule has 2 aromatic carbocycles. The van der Waals surface area contributed by atoms with Gasteiger partial charge in [-0.2, -0.15) is 0 Å². The number of hydrogen-bond acceptors (Lipinski definition) is 5. The van der Waals surface area contributed by atoms with Gasteiger partial charge in [0.15, 0.2) is 5.58 Å². The largest absolute Gasteiger partial charge is 0.491 e. The molecule has 0 saturated carbocycles. The van der Waals surface area contributed by atoms with Crippen LogP contribution in [0.5, 0.6) is 5.75 Å². The van der Waals surface area contributed by atoms with Crippen molar-refractivity contribution in [3.8, 4) is 17.2 Å². The molecule has 0 unspecified atom stereocenters. The van der Waals surface area contributed by atoms with E-state index in [2.05, 4.69) is 15.3 Å². The van der Waals surface area contributed by atoms with E-state index in [0.29, 0.717) is 28.2 Å². The van der Waals surface area contributed by atoms with Crippen LogP contribution in [0.15, 0.2) is 71.4 Å². The number of carbonyl (C=O) groups is 1. The van der Waals surface area contributed by atoms with Gasteiger partial charge in [0, 0.05) is 23.6 Å². The van der Waals surface area contributed by atoms with Crippen molar-refractivity contribution in [2.75, 3.05) is 5.32 Å². The van der Waals surface area contributed by atoms with E-state index in [1.807, 2.05) is 26.0 Å². The second-order valence-electron chi connectivity index (χ2n) is 6.59. The standard InChI is InChI=1S/C22H19N3O3/c1-14(2)27-18-8-5-15(6-9-18)21(26)24-17-7-10-20-19(12-17)25-22(28-20)16-4-3-11-23-13-16/h3-14H,1-2H3,(H,24,26). The molecule has 0 aliphatic rings. The molecule has 140 valence electrons. The van der Waals surface area contributed by atoms with Crippen molar-refractivity contribution in [1.82, 2.24) is 9.97 Å². The summed E-state index contributed by atoms with van der Waals surface area (Å²) in [6.07, 6.45) is 3.48. The fraction of sp³-hybridized carbons (Fsp3) is 0.136. The minimum Gasteiger partial charge on any atom is -0.491 e. The second kappa shape index (κ2) is 7.52. The van der Waals surface area contributed by atoms with Gasteiger partial charge < -0.3 is 14.5 Å². The van der Waals surface area contributed by atoms with Crippen LogP contribution in [0.1, 0.15) is 24.2 Å². The van der Waals surface area contributed by atoms with E-state index in [0.717, 1.165) is 11.3 Å². The third kappa shape index (κ3) is 3.86. The van der Waals surface area contributed by atoms with Crippen LogP contribution in [-0.4, -0.2) is 22.0 Å². The first-order valence-electron chi connectivity index (χ1n) is 8.97. The molecule has 1 N–H and O–H groups in total. The Bertz CT molecular complexity index is 1100. The maximum Gasteiger partial charge on any atom is 0.255 e. The Labute approximate surface area is 162 Å². The third-order valence-corrected chi connectivity index (χ3v) is 4.04. The van der Waals surface area contributed by atoms with E-state index in [-0.39, 0.29) is 12.0 Å². The SMILES string of the molecule is CC(C)Oc1ccc(C(=O)Nc2ccc3oc(-c4cccnc4)nc3c2)cc1. The van der Waals surface area contributed by atoms with E-state index >= 15 is 0 Å². The molecule has 0 spiro atoms. The molecule has 4 rings (SSSR count). The highest BCUT2D eigenvalue weighted by Crippen LogP contribution is 2.26. The number of hydrogen-bond donors (Lipinski definition) is 1. The Hall–Kier alpha value is -3.67. The van der Waals surface area contributed by atoms with E-state index in [1.54, 1.807) is 54.9 Å². The highest BCUT2D eigenvalue weighted by Gasteiger charge is 2.11. The van der Waals surface area contributed by atoms with Crippen LogP contribution in [0.2, 0.25) is 0 Å². The van der Waals surface area contributed by atoms with Gasteiger partial charge in [-0.25, -0.2) is 4.98 Å². The first-order chi connectivity index (χ1) is 13.6. The van der Waals surface area contributed by atoms with Gasteiger partial charge >= 0.3 is 0 Å². The van der Waals surface area contributed by atoms with Crippen molar-refractivity contribution in [2.24, 2.45) is 0 Å². The fourth-order valence-electron chi connectivity index (χ4n) is 2.78. The number of amides is 1. The molecule has 0 saturated heterocycles. The molecule has 6 nitrogen and oxygen atoms in total. The topological polar surface area (TPSA) is 77.2 Å². The van der Waals surface area contributed by atoms with Gasteiger partial charge in [0.25, 0.3) is 5.91 Å². The summed E-state index contributed by atoms with van der Waals surface area (Å²) in [5.74, 6) is 1.03. The first-order valence-corrected chi connectivity index (χ1v) is 8.97. The van der Waals surface area contributed by atoms with Gasteiger partial charge in [-0.1, -0.05) is 0 Å². The number of carbonyl (C=O) groups excluding carboxylic acids is 1. The van der Waals surface area contributed by atoms with Crippen LogP contribution in [0.3, 0.4) is 0 Å². The maximum absolute atomic E-state index is 12.5. The lowest BCUT2D eigenvalue weighted by Gasteiger charge is -2.10. The molecule has 2 heterocycles. The minimum atomic E-state index is -0.202. The summed E-state index contributed by atoms with van der Waals surface area (Å²) in [7, 11) is 0. The van der Waals surface area contributed by atoms with Gasteiger partial charge in [-0.05, 0) is 68.4 Å². The molecule has 0 fully saturated rings. The zero-order valence-corrected chi connectivity index (χ0v) is 15.5. The quantitative estimate of drug-likeness (QED) is 0.537. The van der Waals surface area contributed by atoms with E-state index in [9.17, 15) is 4.79 Å². The minimum absolute atomic E-state index is 0.0884. The number of oxazole rings is 1. The van der Waals surface area contributed by atoms with E-state index < -0.39 is 0 Å². The summed E-state index contributed by atoms with van der Waals surface area (Å²) in [6.45, 7) is 3.92. The summed E-state index contributed by atoms with van der Waals surface area (Å²) in [6, 6.07) is 16.1. The van der Waals surface area contributed by atoms with Gasteiger partial charge in [-0.3, -0.25) is 9.78 Å². The average Bonchev–Trinajstić information content (AvgIpc) is 3.12. The number of nitrogens with zero attached hydrogens (tertiary/aromatic N) is 2. The Morgan fingerprint density at radius 2 is 1.93 bits per heavy atom. The maximum atomic E-state index is 12.5. The molecular formula is C22H19N3O3. The van der Waals surface area contributed by atoms with Crippen molar-refractivity contribution in [2.45, 2.75) is 20.0 Å². The Morgan fingerprint density at radius 1 is 1.11 bits per heavy atom. The molecule has 0 aliphatic heterocycles. The first kappa shape index (κ1) is 17.7. The molecule has 0 bridgehead atoms. The van der Waals surface area contributed by atoms with Gasteiger partial charge in [0.1, 0.15) is 11.3 Å². The van der Waals surface area contributed by atoms with Gasteiger partial charge in [0.2, 0.25) is 5.89 Å². The predicted molar refractivity (Wildman–Crippen MR) is 107 cm³/mol. The fourth-order valence-corrected chi connectivity index (χ4v) is 2.78. The highest BCUT2D eigenvalue weighted by atomic mass is 16.5. The summed E-state index contributed by atoms with van der Waals surface area (Å²) >= 11 is 0. The van der Waals surface area contributed by atoms with Crippen LogP contribution in [0.25, 0.3) is 22.6 Å². The van der Waals surface area contributed by atoms with Gasteiger partial charge in [-0.15, -0.1) is 0 Å². The Balaban J connectivity index is 1.52. The second-order valence-corrected chi connectivity index (χ2v) is 6.59. The van der Waals surface area contributed by atoms with Crippen molar-refractivity contribution in [3.05, 3.63) is 72.6 Å². The number of pyridine rings is 1. The predicted octanol–water partition coefficient (Wildman–Crippen LogP) is 4.93. The Kier molecular flexibility index (Phi) is 4.76. The van der Waals surface area contributed by atoms with Crippen LogP contribution in [0.4, 0.5) is 5.69 Å². The number of aromatic nitrogens is 2. The van der Waals surface area contributed by atoms with Crippen molar-refractivity contribution >= 4 is 22.7 Å². The normalized spacial score (nSPS) is 11.0. The molecule has 6 heteroatoms. The highest BCUT2D eigenvalue weighted by molar-refractivity contribution is 6.05. The van der Waals surface area contributed by atoms with Gasteiger partial charge in [0.05, 0.1) is 11.7 Å². The number of nitrogens with one attached hydrogen (secondary N) is 1. The lowest BCUT2D eigenvalue weighted by Crippen LogP contribution is -2.12.